The van der Waals surface area contributed by atoms with Crippen molar-refractivity contribution >= 4 is 17.6 Å². The van der Waals surface area contributed by atoms with E-state index in [-0.39, 0.29) is 12.6 Å². The zero-order valence-corrected chi connectivity index (χ0v) is 12.9. The van der Waals surface area contributed by atoms with Crippen molar-refractivity contribution in [2.45, 2.75) is 30.5 Å². The van der Waals surface area contributed by atoms with Crippen LogP contribution in [0.1, 0.15) is 24.3 Å². The Bertz CT molecular complexity index is 547. The van der Waals surface area contributed by atoms with Crippen LogP contribution >= 0.6 is 11.6 Å². The summed E-state index contributed by atoms with van der Waals surface area (Å²) in [5.74, 6) is -2.06. The van der Waals surface area contributed by atoms with Crippen LogP contribution in [-0.2, 0) is 9.53 Å². The molecule has 2 heterocycles. The first-order valence-corrected chi connectivity index (χ1v) is 7.88. The van der Waals surface area contributed by atoms with Gasteiger partial charge in [0.2, 0.25) is 5.67 Å². The van der Waals surface area contributed by atoms with Crippen molar-refractivity contribution in [3.63, 3.8) is 0 Å². The van der Waals surface area contributed by atoms with E-state index in [0.717, 1.165) is 12.8 Å². The second kappa shape index (κ2) is 6.14. The molecule has 4 nitrogen and oxygen atoms in total. The number of alkyl halides is 1. The van der Waals surface area contributed by atoms with Crippen molar-refractivity contribution < 1.29 is 19.0 Å². The maximum Gasteiger partial charge on any atom is 0.343 e. The first-order valence-electron chi connectivity index (χ1n) is 7.50. The molecule has 2 saturated heterocycles. The molecule has 0 saturated carbocycles. The Balaban J connectivity index is 1.86. The summed E-state index contributed by atoms with van der Waals surface area (Å²) in [6.07, 6.45) is 1.64. The van der Waals surface area contributed by atoms with Crippen LogP contribution in [0.25, 0.3) is 0 Å². The lowest BCUT2D eigenvalue weighted by Gasteiger charge is -2.31. The monoisotopic (exact) mass is 327 g/mol. The van der Waals surface area contributed by atoms with Gasteiger partial charge < -0.3 is 9.84 Å². The van der Waals surface area contributed by atoms with E-state index in [9.17, 15) is 9.90 Å². The summed E-state index contributed by atoms with van der Waals surface area (Å²) in [4.78, 5) is 13.5. The van der Waals surface area contributed by atoms with Gasteiger partial charge in [0.1, 0.15) is 0 Å². The topological polar surface area (TPSA) is 49.8 Å². The number of likely N-dealkylation sites (tertiary alicyclic amines) is 1. The predicted octanol–water partition coefficient (Wildman–Crippen LogP) is 2.71. The zero-order chi connectivity index (χ0) is 15.7. The molecule has 0 aromatic heterocycles. The SMILES string of the molecule is O=C(O)[C@]1(F)CN(C2CCOCC2)C[C@H]1c1ccc(Cl)cc1. The van der Waals surface area contributed by atoms with E-state index in [1.54, 1.807) is 24.3 Å². The lowest BCUT2D eigenvalue weighted by Crippen LogP contribution is -2.43. The number of carboxylic acid groups (broad SMARTS) is 1. The molecule has 0 bridgehead atoms. The first kappa shape index (κ1) is 15.7. The minimum atomic E-state index is -2.26. The second-order valence-electron chi connectivity index (χ2n) is 6.04. The molecule has 0 unspecified atom stereocenters. The summed E-state index contributed by atoms with van der Waals surface area (Å²) in [7, 11) is 0. The summed E-state index contributed by atoms with van der Waals surface area (Å²) in [6, 6.07) is 6.99. The molecule has 0 radical (unpaired) electrons. The molecule has 6 heteroatoms. The van der Waals surface area contributed by atoms with Crippen LogP contribution in [0.15, 0.2) is 24.3 Å². The molecule has 22 heavy (non-hydrogen) atoms. The number of nitrogens with zero attached hydrogens (tertiary/aromatic N) is 1. The molecule has 2 aliphatic heterocycles. The Hall–Kier alpha value is -1.17. The molecule has 2 atom stereocenters. The van der Waals surface area contributed by atoms with Crippen molar-refractivity contribution in [2.75, 3.05) is 26.3 Å². The van der Waals surface area contributed by atoms with Crippen LogP contribution in [0.3, 0.4) is 0 Å². The van der Waals surface area contributed by atoms with Crippen molar-refractivity contribution in [1.82, 2.24) is 4.90 Å². The number of benzene rings is 1. The van der Waals surface area contributed by atoms with Crippen molar-refractivity contribution in [1.29, 1.82) is 0 Å². The molecule has 2 fully saturated rings. The van der Waals surface area contributed by atoms with Gasteiger partial charge in [-0.25, -0.2) is 9.18 Å². The smallest absolute Gasteiger partial charge is 0.343 e. The van der Waals surface area contributed by atoms with E-state index in [1.807, 2.05) is 4.90 Å². The van der Waals surface area contributed by atoms with Crippen LogP contribution in [0, 0.1) is 0 Å². The van der Waals surface area contributed by atoms with Crippen LogP contribution in [0.5, 0.6) is 0 Å². The van der Waals surface area contributed by atoms with Crippen molar-refractivity contribution in [3.8, 4) is 0 Å². The van der Waals surface area contributed by atoms with Crippen LogP contribution in [0.2, 0.25) is 5.02 Å². The minimum absolute atomic E-state index is 0.0692. The standard InChI is InChI=1S/C16H19ClFNO3/c17-12-3-1-11(2-4-12)14-9-19(10-16(14,18)15(20)21)13-5-7-22-8-6-13/h1-4,13-14H,5-10H2,(H,20,21)/t14-,16-/m0/s1. The van der Waals surface area contributed by atoms with Gasteiger partial charge in [-0.1, -0.05) is 23.7 Å². The molecule has 2 aliphatic rings. The van der Waals surface area contributed by atoms with Gasteiger partial charge >= 0.3 is 5.97 Å². The van der Waals surface area contributed by atoms with E-state index < -0.39 is 17.6 Å². The third-order valence-corrected chi connectivity index (χ3v) is 4.99. The Kier molecular flexibility index (Phi) is 4.39. The van der Waals surface area contributed by atoms with Crippen LogP contribution in [0.4, 0.5) is 4.39 Å². The number of halogens is 2. The fraction of sp³-hybridized carbons (Fsp3) is 0.562. The van der Waals surface area contributed by atoms with Gasteiger partial charge in [-0.2, -0.15) is 0 Å². The molecule has 120 valence electrons. The molecule has 0 spiro atoms. The normalized spacial score (nSPS) is 30.5. The summed E-state index contributed by atoms with van der Waals surface area (Å²) >= 11 is 5.87. The number of hydrogen-bond acceptors (Lipinski definition) is 3. The first-order chi connectivity index (χ1) is 10.5. The fourth-order valence-corrected chi connectivity index (χ4v) is 3.59. The fourth-order valence-electron chi connectivity index (χ4n) is 3.46. The molecular weight excluding hydrogens is 309 g/mol. The summed E-state index contributed by atoms with van der Waals surface area (Å²) in [5, 5.41) is 9.98. The average molecular weight is 328 g/mol. The molecule has 0 aliphatic carbocycles. The van der Waals surface area contributed by atoms with Crippen molar-refractivity contribution in [2.24, 2.45) is 0 Å². The summed E-state index contributed by atoms with van der Waals surface area (Å²) in [5.41, 5.74) is -1.57. The van der Waals surface area contributed by atoms with Crippen molar-refractivity contribution in [3.05, 3.63) is 34.9 Å². The Morgan fingerprint density at radius 2 is 1.95 bits per heavy atom. The zero-order valence-electron chi connectivity index (χ0n) is 12.2. The van der Waals surface area contributed by atoms with Gasteiger partial charge in [0.25, 0.3) is 0 Å². The predicted molar refractivity (Wildman–Crippen MR) is 81.1 cm³/mol. The summed E-state index contributed by atoms with van der Waals surface area (Å²) in [6.45, 7) is 1.65. The third-order valence-electron chi connectivity index (χ3n) is 4.74. The van der Waals surface area contributed by atoms with Gasteiger partial charge in [0.15, 0.2) is 0 Å². The molecule has 1 aromatic carbocycles. The number of ether oxygens (including phenoxy) is 1. The average Bonchev–Trinajstić information content (AvgIpc) is 2.88. The molecule has 1 aromatic rings. The van der Waals surface area contributed by atoms with E-state index in [0.29, 0.717) is 30.3 Å². The maximum absolute atomic E-state index is 15.2. The van der Waals surface area contributed by atoms with Gasteiger partial charge in [0.05, 0.1) is 0 Å². The second-order valence-corrected chi connectivity index (χ2v) is 6.48. The quantitative estimate of drug-likeness (QED) is 0.927. The van der Waals surface area contributed by atoms with Gasteiger partial charge in [0, 0.05) is 43.3 Å². The lowest BCUT2D eigenvalue weighted by molar-refractivity contribution is -0.151. The number of hydrogen-bond donors (Lipinski definition) is 1. The lowest BCUT2D eigenvalue weighted by atomic mass is 9.86. The Morgan fingerprint density at radius 3 is 2.55 bits per heavy atom. The number of rotatable bonds is 3. The summed E-state index contributed by atoms with van der Waals surface area (Å²) < 4.78 is 20.5. The Morgan fingerprint density at radius 1 is 1.32 bits per heavy atom. The highest BCUT2D eigenvalue weighted by Crippen LogP contribution is 2.41. The van der Waals surface area contributed by atoms with E-state index >= 15 is 4.39 Å². The van der Waals surface area contributed by atoms with E-state index in [4.69, 9.17) is 16.3 Å². The number of aliphatic carboxylic acids is 1. The van der Waals surface area contributed by atoms with Gasteiger partial charge in [-0.15, -0.1) is 0 Å². The number of carbonyl (C=O) groups is 1. The molecular formula is C16H19ClFNO3. The third kappa shape index (κ3) is 2.85. The van der Waals surface area contributed by atoms with Crippen LogP contribution < -0.4 is 0 Å². The van der Waals surface area contributed by atoms with Crippen LogP contribution in [-0.4, -0.2) is 54.0 Å². The highest BCUT2D eigenvalue weighted by Gasteiger charge is 2.55. The minimum Gasteiger partial charge on any atom is -0.479 e. The van der Waals surface area contributed by atoms with Gasteiger partial charge in [-0.3, -0.25) is 4.90 Å². The van der Waals surface area contributed by atoms with E-state index in [2.05, 4.69) is 0 Å². The highest BCUT2D eigenvalue weighted by molar-refractivity contribution is 6.30. The molecule has 1 N–H and O–H groups in total. The van der Waals surface area contributed by atoms with Gasteiger partial charge in [-0.05, 0) is 30.5 Å². The largest absolute Gasteiger partial charge is 0.479 e. The Labute approximate surface area is 133 Å². The molecule has 0 amide bonds. The molecule has 3 rings (SSSR count). The number of carboxylic acids is 1. The highest BCUT2D eigenvalue weighted by atomic mass is 35.5. The van der Waals surface area contributed by atoms with E-state index in [1.165, 1.54) is 0 Å². The maximum atomic E-state index is 15.2.